The van der Waals surface area contributed by atoms with E-state index in [2.05, 4.69) is 25.5 Å². The van der Waals surface area contributed by atoms with Gasteiger partial charge in [0, 0.05) is 25.2 Å². The van der Waals surface area contributed by atoms with Crippen LogP contribution in [-0.2, 0) is 6.42 Å². The van der Waals surface area contributed by atoms with Gasteiger partial charge in [-0.2, -0.15) is 0 Å². The SMILES string of the molecule is CCc1nc(NC)c(C)c(Sc2nnc3ccccn23)n1. The van der Waals surface area contributed by atoms with Gasteiger partial charge in [0.05, 0.1) is 0 Å². The number of hydrogen-bond donors (Lipinski definition) is 1. The van der Waals surface area contributed by atoms with Crippen LogP contribution in [0.1, 0.15) is 18.3 Å². The molecule has 0 spiro atoms. The summed E-state index contributed by atoms with van der Waals surface area (Å²) in [5.41, 5.74) is 1.85. The minimum absolute atomic E-state index is 0.795. The van der Waals surface area contributed by atoms with Gasteiger partial charge in [0.15, 0.2) is 5.65 Å². The first-order chi connectivity index (χ1) is 10.2. The molecule has 21 heavy (non-hydrogen) atoms. The maximum Gasteiger partial charge on any atom is 0.201 e. The van der Waals surface area contributed by atoms with E-state index < -0.39 is 0 Å². The van der Waals surface area contributed by atoms with E-state index in [0.717, 1.165) is 39.5 Å². The minimum atomic E-state index is 0.795. The second-order valence-corrected chi connectivity index (χ2v) is 5.49. The number of fused-ring (bicyclic) bond motifs is 1. The standard InChI is InChI=1S/C14H16N6S/c1-4-10-16-12(15-3)9(2)13(17-10)21-14-19-18-11-7-5-6-8-20(11)14/h5-8H,4H2,1-3H3,(H,15,16,17). The molecule has 3 aromatic heterocycles. The van der Waals surface area contributed by atoms with Crippen molar-refractivity contribution in [1.82, 2.24) is 24.6 Å². The molecule has 3 rings (SSSR count). The van der Waals surface area contributed by atoms with Crippen LogP contribution in [0.15, 0.2) is 34.6 Å². The van der Waals surface area contributed by atoms with Crippen LogP contribution >= 0.6 is 11.8 Å². The molecule has 0 atom stereocenters. The largest absolute Gasteiger partial charge is 0.373 e. The van der Waals surface area contributed by atoms with Gasteiger partial charge >= 0.3 is 0 Å². The van der Waals surface area contributed by atoms with Crippen LogP contribution in [0, 0.1) is 6.92 Å². The van der Waals surface area contributed by atoms with E-state index in [1.54, 1.807) is 0 Å². The molecule has 0 saturated carbocycles. The molecule has 3 heterocycles. The highest BCUT2D eigenvalue weighted by Gasteiger charge is 2.14. The lowest BCUT2D eigenvalue weighted by atomic mass is 10.3. The van der Waals surface area contributed by atoms with E-state index in [-0.39, 0.29) is 0 Å². The van der Waals surface area contributed by atoms with Gasteiger partial charge in [-0.1, -0.05) is 13.0 Å². The van der Waals surface area contributed by atoms with Crippen molar-refractivity contribution in [2.75, 3.05) is 12.4 Å². The van der Waals surface area contributed by atoms with Crippen LogP contribution in [0.5, 0.6) is 0 Å². The summed E-state index contributed by atoms with van der Waals surface area (Å²) in [6.07, 6.45) is 2.75. The first-order valence-corrected chi connectivity index (χ1v) is 7.57. The van der Waals surface area contributed by atoms with Crippen LogP contribution in [-0.4, -0.2) is 31.6 Å². The maximum absolute atomic E-state index is 4.61. The molecule has 7 heteroatoms. The Balaban J connectivity index is 2.05. The van der Waals surface area contributed by atoms with Crippen molar-refractivity contribution >= 4 is 23.2 Å². The summed E-state index contributed by atoms with van der Waals surface area (Å²) in [5, 5.41) is 13.2. The smallest absolute Gasteiger partial charge is 0.201 e. The quantitative estimate of drug-likeness (QED) is 0.747. The Morgan fingerprint density at radius 2 is 2.10 bits per heavy atom. The summed E-state index contributed by atoms with van der Waals surface area (Å²) in [6, 6.07) is 5.84. The molecule has 0 aromatic carbocycles. The van der Waals surface area contributed by atoms with E-state index in [9.17, 15) is 0 Å². The second kappa shape index (κ2) is 5.69. The van der Waals surface area contributed by atoms with Gasteiger partial charge in [-0.25, -0.2) is 9.97 Å². The number of hydrogen-bond acceptors (Lipinski definition) is 6. The molecule has 0 aliphatic carbocycles. The first-order valence-electron chi connectivity index (χ1n) is 6.75. The molecule has 0 bridgehead atoms. The van der Waals surface area contributed by atoms with Crippen molar-refractivity contribution in [3.63, 3.8) is 0 Å². The van der Waals surface area contributed by atoms with Gasteiger partial charge in [-0.15, -0.1) is 10.2 Å². The van der Waals surface area contributed by atoms with Crippen molar-refractivity contribution < 1.29 is 0 Å². The third-order valence-electron chi connectivity index (χ3n) is 3.17. The Hall–Kier alpha value is -2.15. The fraction of sp³-hybridized carbons (Fsp3) is 0.286. The molecular formula is C14H16N6S. The van der Waals surface area contributed by atoms with E-state index >= 15 is 0 Å². The third kappa shape index (κ3) is 2.56. The monoisotopic (exact) mass is 300 g/mol. The predicted octanol–water partition coefficient (Wildman–Crippen LogP) is 2.58. The Labute approximate surface area is 127 Å². The Kier molecular flexibility index (Phi) is 3.74. The Bertz CT molecular complexity index is 782. The maximum atomic E-state index is 4.61. The molecule has 0 aliphatic rings. The molecule has 0 unspecified atom stereocenters. The lowest BCUT2D eigenvalue weighted by molar-refractivity contribution is 0.864. The fourth-order valence-corrected chi connectivity index (χ4v) is 2.92. The molecule has 6 nitrogen and oxygen atoms in total. The average molecular weight is 300 g/mol. The highest BCUT2D eigenvalue weighted by Crippen LogP contribution is 2.30. The molecule has 0 saturated heterocycles. The Morgan fingerprint density at radius 3 is 2.86 bits per heavy atom. The molecule has 3 aromatic rings. The number of nitrogens with zero attached hydrogens (tertiary/aromatic N) is 5. The van der Waals surface area contributed by atoms with Gasteiger partial charge in [-0.05, 0) is 30.8 Å². The molecule has 1 N–H and O–H groups in total. The lowest BCUT2D eigenvalue weighted by Crippen LogP contribution is -2.04. The molecule has 0 aliphatic heterocycles. The lowest BCUT2D eigenvalue weighted by Gasteiger charge is -2.10. The number of aromatic nitrogens is 5. The molecule has 0 radical (unpaired) electrons. The summed E-state index contributed by atoms with van der Waals surface area (Å²) < 4.78 is 1.96. The van der Waals surface area contributed by atoms with E-state index in [0.29, 0.717) is 0 Å². The van der Waals surface area contributed by atoms with Crippen molar-refractivity contribution in [2.45, 2.75) is 30.5 Å². The van der Waals surface area contributed by atoms with Crippen LogP contribution in [0.4, 0.5) is 5.82 Å². The van der Waals surface area contributed by atoms with Crippen LogP contribution in [0.25, 0.3) is 5.65 Å². The highest BCUT2D eigenvalue weighted by atomic mass is 32.2. The first kappa shape index (κ1) is 13.8. The van der Waals surface area contributed by atoms with Gasteiger partial charge in [0.2, 0.25) is 5.16 Å². The number of nitrogens with one attached hydrogen (secondary N) is 1. The summed E-state index contributed by atoms with van der Waals surface area (Å²) in [6.45, 7) is 4.06. The zero-order chi connectivity index (χ0) is 14.8. The molecule has 0 fully saturated rings. The Morgan fingerprint density at radius 1 is 1.24 bits per heavy atom. The van der Waals surface area contributed by atoms with Crippen molar-refractivity contribution in [3.8, 4) is 0 Å². The predicted molar refractivity (Wildman–Crippen MR) is 82.8 cm³/mol. The van der Waals surface area contributed by atoms with E-state index in [4.69, 9.17) is 0 Å². The zero-order valence-electron chi connectivity index (χ0n) is 12.2. The highest BCUT2D eigenvalue weighted by molar-refractivity contribution is 7.99. The van der Waals surface area contributed by atoms with Gasteiger partial charge < -0.3 is 5.32 Å². The number of pyridine rings is 1. The van der Waals surface area contributed by atoms with Crippen LogP contribution < -0.4 is 5.32 Å². The number of rotatable bonds is 4. The summed E-state index contributed by atoms with van der Waals surface area (Å²) in [5.74, 6) is 1.68. The third-order valence-corrected chi connectivity index (χ3v) is 4.22. The second-order valence-electron chi connectivity index (χ2n) is 4.54. The molecule has 108 valence electrons. The number of aryl methyl sites for hydroxylation is 1. The van der Waals surface area contributed by atoms with Crippen molar-refractivity contribution in [1.29, 1.82) is 0 Å². The summed E-state index contributed by atoms with van der Waals surface area (Å²) in [7, 11) is 1.87. The van der Waals surface area contributed by atoms with Crippen LogP contribution in [0.3, 0.4) is 0 Å². The topological polar surface area (TPSA) is 68.0 Å². The zero-order valence-corrected chi connectivity index (χ0v) is 13.0. The summed E-state index contributed by atoms with van der Waals surface area (Å²) in [4.78, 5) is 9.09. The average Bonchev–Trinajstić information content (AvgIpc) is 2.92. The fourth-order valence-electron chi connectivity index (χ4n) is 2.02. The summed E-state index contributed by atoms with van der Waals surface area (Å²) >= 11 is 1.51. The molecular weight excluding hydrogens is 284 g/mol. The van der Waals surface area contributed by atoms with Crippen molar-refractivity contribution in [3.05, 3.63) is 35.8 Å². The van der Waals surface area contributed by atoms with E-state index in [1.807, 2.05) is 49.7 Å². The van der Waals surface area contributed by atoms with Gasteiger partial charge in [0.25, 0.3) is 0 Å². The van der Waals surface area contributed by atoms with Crippen LogP contribution in [0.2, 0.25) is 0 Å². The van der Waals surface area contributed by atoms with Crippen molar-refractivity contribution in [2.24, 2.45) is 0 Å². The normalized spacial score (nSPS) is 11.0. The van der Waals surface area contributed by atoms with Gasteiger partial charge in [0.1, 0.15) is 16.7 Å². The number of anilines is 1. The molecule has 0 amide bonds. The van der Waals surface area contributed by atoms with Gasteiger partial charge in [-0.3, -0.25) is 4.40 Å². The minimum Gasteiger partial charge on any atom is -0.373 e. The van der Waals surface area contributed by atoms with E-state index in [1.165, 1.54) is 11.8 Å².